The molecule has 2 rings (SSSR count). The zero-order valence-electron chi connectivity index (χ0n) is 9.49. The Bertz CT molecular complexity index is 490. The van der Waals surface area contributed by atoms with Crippen molar-refractivity contribution < 1.29 is 4.42 Å². The Morgan fingerprint density at radius 2 is 2.06 bits per heavy atom. The molecule has 2 aromatic rings. The van der Waals surface area contributed by atoms with E-state index in [1.54, 1.807) is 18.0 Å². The normalized spacial score (nSPS) is 10.7. The Morgan fingerprint density at radius 1 is 1.25 bits per heavy atom. The second-order valence-electron chi connectivity index (χ2n) is 3.71. The van der Waals surface area contributed by atoms with Gasteiger partial charge in [-0.25, -0.2) is 0 Å². The Hall–Kier alpha value is -1.19. The molecule has 0 bridgehead atoms. The van der Waals surface area contributed by atoms with Gasteiger partial charge in [-0.15, -0.1) is 0 Å². The first kappa shape index (κ1) is 11.3. The van der Waals surface area contributed by atoms with Crippen LogP contribution in [0.1, 0.15) is 16.9 Å². The summed E-state index contributed by atoms with van der Waals surface area (Å²) in [6, 6.07) is 8.22. The predicted molar refractivity (Wildman–Crippen MR) is 66.6 cm³/mol. The van der Waals surface area contributed by atoms with Gasteiger partial charge in [0.2, 0.25) is 0 Å². The number of nitrogens with two attached hydrogens (primary N) is 1. The molecule has 3 heteroatoms. The van der Waals surface area contributed by atoms with E-state index in [0.29, 0.717) is 6.54 Å². The van der Waals surface area contributed by atoms with Crippen LogP contribution in [0, 0.1) is 13.8 Å². The lowest BCUT2D eigenvalue weighted by molar-refractivity contribution is 0.527. The summed E-state index contributed by atoms with van der Waals surface area (Å²) in [5.74, 6) is 0.955. The van der Waals surface area contributed by atoms with Gasteiger partial charge in [0.1, 0.15) is 5.76 Å². The number of benzene rings is 1. The lowest BCUT2D eigenvalue weighted by atomic mass is 10.1. The zero-order valence-corrected chi connectivity index (χ0v) is 10.3. The minimum Gasteiger partial charge on any atom is -0.468 e. The molecular formula is C13H15NOS. The van der Waals surface area contributed by atoms with Gasteiger partial charge in [-0.2, -0.15) is 0 Å². The number of aryl methyl sites for hydroxylation is 2. The van der Waals surface area contributed by atoms with Crippen molar-refractivity contribution in [1.29, 1.82) is 0 Å². The molecule has 0 spiro atoms. The fourth-order valence-corrected chi connectivity index (χ4v) is 2.66. The van der Waals surface area contributed by atoms with Crippen LogP contribution in [0.3, 0.4) is 0 Å². The van der Waals surface area contributed by atoms with E-state index in [9.17, 15) is 0 Å². The van der Waals surface area contributed by atoms with Crippen LogP contribution in [-0.2, 0) is 6.54 Å². The Morgan fingerprint density at radius 3 is 2.69 bits per heavy atom. The lowest BCUT2D eigenvalue weighted by Gasteiger charge is -2.09. The van der Waals surface area contributed by atoms with Crippen molar-refractivity contribution in [2.45, 2.75) is 30.2 Å². The summed E-state index contributed by atoms with van der Waals surface area (Å²) < 4.78 is 5.30. The van der Waals surface area contributed by atoms with E-state index in [2.05, 4.69) is 19.1 Å². The molecule has 16 heavy (non-hydrogen) atoms. The van der Waals surface area contributed by atoms with Gasteiger partial charge >= 0.3 is 0 Å². The first-order valence-electron chi connectivity index (χ1n) is 5.23. The summed E-state index contributed by atoms with van der Waals surface area (Å²) >= 11 is 1.72. The van der Waals surface area contributed by atoms with Crippen LogP contribution in [-0.4, -0.2) is 0 Å². The molecule has 2 N–H and O–H groups in total. The van der Waals surface area contributed by atoms with E-state index in [4.69, 9.17) is 10.2 Å². The van der Waals surface area contributed by atoms with Crippen molar-refractivity contribution in [3.05, 3.63) is 47.4 Å². The Balaban J connectivity index is 2.37. The minimum atomic E-state index is 0.570. The molecule has 0 unspecified atom stereocenters. The first-order chi connectivity index (χ1) is 7.72. The third-order valence-electron chi connectivity index (χ3n) is 2.54. The van der Waals surface area contributed by atoms with E-state index < -0.39 is 0 Å². The molecule has 0 fully saturated rings. The highest BCUT2D eigenvalue weighted by Gasteiger charge is 2.09. The lowest BCUT2D eigenvalue weighted by Crippen LogP contribution is -1.99. The van der Waals surface area contributed by atoms with Crippen molar-refractivity contribution >= 4 is 11.8 Å². The maximum Gasteiger partial charge on any atom is 0.114 e. The average Bonchev–Trinajstić information content (AvgIpc) is 2.67. The van der Waals surface area contributed by atoms with Crippen molar-refractivity contribution in [3.8, 4) is 0 Å². The summed E-state index contributed by atoms with van der Waals surface area (Å²) in [4.78, 5) is 2.40. The molecule has 1 aromatic carbocycles. The summed E-state index contributed by atoms with van der Waals surface area (Å²) in [6.07, 6.45) is 1.72. The van der Waals surface area contributed by atoms with E-state index in [0.717, 1.165) is 10.7 Å². The number of hydrogen-bond acceptors (Lipinski definition) is 3. The SMILES string of the molecule is Cc1cccc(CN)c1Sc1ccoc1C. The van der Waals surface area contributed by atoms with E-state index in [-0.39, 0.29) is 0 Å². The molecule has 0 aliphatic carbocycles. The van der Waals surface area contributed by atoms with Crippen molar-refractivity contribution in [3.63, 3.8) is 0 Å². The van der Waals surface area contributed by atoms with Crippen molar-refractivity contribution in [2.75, 3.05) is 0 Å². The minimum absolute atomic E-state index is 0.570. The number of hydrogen-bond donors (Lipinski definition) is 1. The number of furan rings is 1. The maximum absolute atomic E-state index is 5.75. The second kappa shape index (κ2) is 4.76. The van der Waals surface area contributed by atoms with Gasteiger partial charge in [-0.3, -0.25) is 0 Å². The summed E-state index contributed by atoms with van der Waals surface area (Å²) in [5, 5.41) is 0. The van der Waals surface area contributed by atoms with Crippen LogP contribution in [0.15, 0.2) is 44.7 Å². The monoisotopic (exact) mass is 233 g/mol. The molecule has 0 atom stereocenters. The van der Waals surface area contributed by atoms with E-state index >= 15 is 0 Å². The zero-order chi connectivity index (χ0) is 11.5. The highest BCUT2D eigenvalue weighted by Crippen LogP contribution is 2.35. The third kappa shape index (κ3) is 2.15. The van der Waals surface area contributed by atoms with Gasteiger partial charge in [-0.1, -0.05) is 30.0 Å². The topological polar surface area (TPSA) is 39.2 Å². The van der Waals surface area contributed by atoms with Gasteiger partial charge in [0.05, 0.1) is 11.2 Å². The van der Waals surface area contributed by atoms with Gasteiger partial charge < -0.3 is 10.2 Å². The van der Waals surface area contributed by atoms with Crippen LogP contribution in [0.4, 0.5) is 0 Å². The average molecular weight is 233 g/mol. The summed E-state index contributed by atoms with van der Waals surface area (Å²) in [7, 11) is 0. The Kier molecular flexibility index (Phi) is 3.36. The molecule has 1 heterocycles. The van der Waals surface area contributed by atoms with E-state index in [1.165, 1.54) is 16.0 Å². The maximum atomic E-state index is 5.75. The van der Waals surface area contributed by atoms with Crippen LogP contribution in [0.25, 0.3) is 0 Å². The Labute approximate surface area is 99.8 Å². The molecule has 0 amide bonds. The second-order valence-corrected chi connectivity index (χ2v) is 4.76. The van der Waals surface area contributed by atoms with Gasteiger partial charge in [-0.05, 0) is 31.0 Å². The van der Waals surface area contributed by atoms with Crippen molar-refractivity contribution in [1.82, 2.24) is 0 Å². The van der Waals surface area contributed by atoms with Crippen LogP contribution in [0.5, 0.6) is 0 Å². The van der Waals surface area contributed by atoms with E-state index in [1.807, 2.05) is 19.1 Å². The highest BCUT2D eigenvalue weighted by molar-refractivity contribution is 7.99. The molecule has 0 aliphatic heterocycles. The molecular weight excluding hydrogens is 218 g/mol. The third-order valence-corrected chi connectivity index (χ3v) is 3.97. The molecule has 0 aliphatic rings. The van der Waals surface area contributed by atoms with Gasteiger partial charge in [0, 0.05) is 11.4 Å². The summed E-state index contributed by atoms with van der Waals surface area (Å²) in [6.45, 7) is 4.65. The van der Waals surface area contributed by atoms with Crippen LogP contribution in [0.2, 0.25) is 0 Å². The van der Waals surface area contributed by atoms with Gasteiger partial charge in [0.25, 0.3) is 0 Å². The quantitative estimate of drug-likeness (QED) is 0.881. The predicted octanol–water partition coefficient (Wildman–Crippen LogP) is 3.51. The molecule has 0 saturated carbocycles. The van der Waals surface area contributed by atoms with Crippen LogP contribution < -0.4 is 5.73 Å². The fraction of sp³-hybridized carbons (Fsp3) is 0.231. The largest absolute Gasteiger partial charge is 0.468 e. The molecule has 84 valence electrons. The first-order valence-corrected chi connectivity index (χ1v) is 6.04. The molecule has 0 radical (unpaired) electrons. The fourth-order valence-electron chi connectivity index (χ4n) is 1.61. The highest BCUT2D eigenvalue weighted by atomic mass is 32.2. The molecule has 1 aromatic heterocycles. The smallest absolute Gasteiger partial charge is 0.114 e. The van der Waals surface area contributed by atoms with Crippen LogP contribution >= 0.6 is 11.8 Å². The molecule has 2 nitrogen and oxygen atoms in total. The van der Waals surface area contributed by atoms with Gasteiger partial charge in [0.15, 0.2) is 0 Å². The summed E-state index contributed by atoms with van der Waals surface area (Å²) in [5.41, 5.74) is 8.19. The standard InChI is InChI=1S/C13H15NOS/c1-9-4-3-5-11(8-14)13(9)16-12-6-7-15-10(12)2/h3-7H,8,14H2,1-2H3. The van der Waals surface area contributed by atoms with Crippen molar-refractivity contribution in [2.24, 2.45) is 5.73 Å². The number of rotatable bonds is 3. The molecule has 0 saturated heterocycles.